The van der Waals surface area contributed by atoms with E-state index in [0.29, 0.717) is 24.2 Å². The summed E-state index contributed by atoms with van der Waals surface area (Å²) < 4.78 is 29.8. The van der Waals surface area contributed by atoms with Crippen LogP contribution in [0, 0.1) is 0 Å². The summed E-state index contributed by atoms with van der Waals surface area (Å²) in [5.41, 5.74) is 4.35. The van der Waals surface area contributed by atoms with Gasteiger partial charge in [-0.1, -0.05) is 11.6 Å². The van der Waals surface area contributed by atoms with Crippen molar-refractivity contribution in [3.63, 3.8) is 0 Å². The molecule has 3 aromatic heterocycles. The van der Waals surface area contributed by atoms with Gasteiger partial charge in [0, 0.05) is 36.3 Å². The lowest BCUT2D eigenvalue weighted by molar-refractivity contribution is 0.319. The van der Waals surface area contributed by atoms with E-state index in [2.05, 4.69) is 59.1 Å². The summed E-state index contributed by atoms with van der Waals surface area (Å²) >= 11 is 6.53. The highest BCUT2D eigenvalue weighted by atomic mass is 35.5. The molecule has 10 heteroatoms. The van der Waals surface area contributed by atoms with Gasteiger partial charge in [0.05, 0.1) is 36.9 Å². The molecule has 2 aliphatic rings. The third-order valence-electron chi connectivity index (χ3n) is 7.27. The van der Waals surface area contributed by atoms with Gasteiger partial charge < -0.3 is 9.47 Å². The SMILES string of the molecule is C[C@@H]1Cn2ncc(C3CCN(S(C)(=O)=O)CC3)c2CN1c1cc(Cl)nc2c1ccn2C(C)(C)C. The van der Waals surface area contributed by atoms with Gasteiger partial charge in [-0.3, -0.25) is 4.68 Å². The van der Waals surface area contributed by atoms with Crippen LogP contribution in [0.5, 0.6) is 0 Å². The van der Waals surface area contributed by atoms with E-state index in [1.165, 1.54) is 17.5 Å². The van der Waals surface area contributed by atoms with Crippen molar-refractivity contribution < 1.29 is 8.42 Å². The van der Waals surface area contributed by atoms with E-state index in [1.807, 2.05) is 12.3 Å². The minimum Gasteiger partial charge on any atom is -0.360 e. The number of halogens is 1. The third-order valence-corrected chi connectivity index (χ3v) is 8.77. The summed E-state index contributed by atoms with van der Waals surface area (Å²) in [6.07, 6.45) is 7.03. The number of rotatable bonds is 3. The fraction of sp³-hybridized carbons (Fsp3) is 0.583. The Morgan fingerprint density at radius 3 is 2.53 bits per heavy atom. The molecule has 34 heavy (non-hydrogen) atoms. The molecule has 0 aliphatic carbocycles. The van der Waals surface area contributed by atoms with Crippen LogP contribution >= 0.6 is 11.6 Å². The van der Waals surface area contributed by atoms with Crippen LogP contribution in [-0.4, -0.2) is 57.4 Å². The highest BCUT2D eigenvalue weighted by Gasteiger charge is 2.33. The van der Waals surface area contributed by atoms with Crippen molar-refractivity contribution >= 4 is 38.3 Å². The van der Waals surface area contributed by atoms with Gasteiger partial charge in [-0.15, -0.1) is 0 Å². The third kappa shape index (κ3) is 4.12. The summed E-state index contributed by atoms with van der Waals surface area (Å²) in [6.45, 7) is 11.4. The van der Waals surface area contributed by atoms with Gasteiger partial charge in [0.1, 0.15) is 10.8 Å². The van der Waals surface area contributed by atoms with Gasteiger partial charge in [0.15, 0.2) is 0 Å². The van der Waals surface area contributed by atoms with Crippen LogP contribution in [0.1, 0.15) is 57.7 Å². The van der Waals surface area contributed by atoms with Crippen LogP contribution in [-0.2, 0) is 28.7 Å². The van der Waals surface area contributed by atoms with Crippen LogP contribution < -0.4 is 4.90 Å². The van der Waals surface area contributed by atoms with Crippen molar-refractivity contribution in [1.82, 2.24) is 23.6 Å². The molecule has 1 fully saturated rings. The molecule has 0 amide bonds. The molecule has 0 unspecified atom stereocenters. The Morgan fingerprint density at radius 1 is 1.18 bits per heavy atom. The van der Waals surface area contributed by atoms with Crippen LogP contribution in [0.15, 0.2) is 24.5 Å². The van der Waals surface area contributed by atoms with Crippen LogP contribution in [0.3, 0.4) is 0 Å². The average Bonchev–Trinajstić information content (AvgIpc) is 3.35. The smallest absolute Gasteiger partial charge is 0.211 e. The molecule has 0 spiro atoms. The highest BCUT2D eigenvalue weighted by Crippen LogP contribution is 2.38. The quantitative estimate of drug-likeness (QED) is 0.500. The molecule has 0 radical (unpaired) electrons. The van der Waals surface area contributed by atoms with E-state index in [-0.39, 0.29) is 11.6 Å². The molecule has 0 saturated carbocycles. The summed E-state index contributed by atoms with van der Waals surface area (Å²) in [6, 6.07) is 4.36. The Morgan fingerprint density at radius 2 is 1.88 bits per heavy atom. The normalized spacial score (nSPS) is 20.8. The lowest BCUT2D eigenvalue weighted by atomic mass is 9.90. The molecular weight excluding hydrogens is 472 g/mol. The molecule has 2 aliphatic heterocycles. The van der Waals surface area contributed by atoms with Crippen molar-refractivity contribution in [3.8, 4) is 0 Å². The first-order chi connectivity index (χ1) is 15.9. The summed E-state index contributed by atoms with van der Waals surface area (Å²) in [7, 11) is -3.14. The molecule has 5 heterocycles. The van der Waals surface area contributed by atoms with Gasteiger partial charge in [-0.25, -0.2) is 17.7 Å². The lowest BCUT2D eigenvalue weighted by Gasteiger charge is -2.38. The number of piperidine rings is 1. The number of aromatic nitrogens is 4. The number of anilines is 1. The minimum atomic E-state index is -3.14. The van der Waals surface area contributed by atoms with Gasteiger partial charge in [-0.2, -0.15) is 5.10 Å². The van der Waals surface area contributed by atoms with Crippen LogP contribution in [0.25, 0.3) is 11.0 Å². The van der Waals surface area contributed by atoms with Gasteiger partial charge in [0.2, 0.25) is 10.0 Å². The number of nitrogens with zero attached hydrogens (tertiary/aromatic N) is 6. The molecular formula is C24H33ClN6O2S. The number of hydrogen-bond donors (Lipinski definition) is 0. The molecule has 0 bridgehead atoms. The number of sulfonamides is 1. The van der Waals surface area contributed by atoms with E-state index < -0.39 is 10.0 Å². The first kappa shape index (κ1) is 23.6. The van der Waals surface area contributed by atoms with E-state index in [4.69, 9.17) is 16.7 Å². The van der Waals surface area contributed by atoms with Crippen LogP contribution in [0.2, 0.25) is 5.15 Å². The van der Waals surface area contributed by atoms with Crippen molar-refractivity contribution in [2.45, 2.75) is 71.1 Å². The molecule has 0 aromatic carbocycles. The van der Waals surface area contributed by atoms with Crippen molar-refractivity contribution in [3.05, 3.63) is 40.9 Å². The largest absolute Gasteiger partial charge is 0.360 e. The molecule has 0 N–H and O–H groups in total. The van der Waals surface area contributed by atoms with Gasteiger partial charge in [-0.05, 0) is 64.2 Å². The second-order valence-corrected chi connectivity index (χ2v) is 13.1. The lowest BCUT2D eigenvalue weighted by Crippen LogP contribution is -2.42. The van der Waals surface area contributed by atoms with E-state index in [1.54, 1.807) is 4.31 Å². The number of hydrogen-bond acceptors (Lipinski definition) is 5. The second kappa shape index (κ2) is 8.24. The summed E-state index contributed by atoms with van der Waals surface area (Å²) in [5.74, 6) is 0.319. The standard InChI is InChI=1S/C24H33ClN6O2S/c1-16-14-31-21(19(13-26-31)17-6-9-28(10-7-17)34(5,32)33)15-29(16)20-12-22(25)27-23-18(20)8-11-30(23)24(2,3)4/h8,11-13,16-17H,6-7,9-10,14-15H2,1-5H3/t16-/m1/s1. The molecule has 1 saturated heterocycles. The predicted octanol–water partition coefficient (Wildman–Crippen LogP) is 4.19. The first-order valence-electron chi connectivity index (χ1n) is 11.9. The van der Waals surface area contributed by atoms with Crippen molar-refractivity contribution in [2.75, 3.05) is 24.2 Å². The zero-order chi connectivity index (χ0) is 24.4. The van der Waals surface area contributed by atoms with E-state index in [9.17, 15) is 8.42 Å². The topological polar surface area (TPSA) is 76.3 Å². The first-order valence-corrected chi connectivity index (χ1v) is 14.1. The molecule has 8 nitrogen and oxygen atoms in total. The zero-order valence-electron chi connectivity index (χ0n) is 20.5. The van der Waals surface area contributed by atoms with Crippen molar-refractivity contribution in [1.29, 1.82) is 0 Å². The second-order valence-electron chi connectivity index (χ2n) is 10.7. The average molecular weight is 505 g/mol. The number of fused-ring (bicyclic) bond motifs is 2. The predicted molar refractivity (Wildman–Crippen MR) is 136 cm³/mol. The maximum Gasteiger partial charge on any atom is 0.211 e. The molecule has 184 valence electrons. The Labute approximate surface area is 206 Å². The minimum absolute atomic E-state index is 0.100. The Balaban J connectivity index is 1.48. The fourth-order valence-electron chi connectivity index (χ4n) is 5.42. The Kier molecular flexibility index (Phi) is 5.73. The van der Waals surface area contributed by atoms with Gasteiger partial charge in [0.25, 0.3) is 0 Å². The molecule has 3 aromatic rings. The molecule has 5 rings (SSSR count). The van der Waals surface area contributed by atoms with Gasteiger partial charge >= 0.3 is 0 Å². The Bertz CT molecular complexity index is 1330. The monoisotopic (exact) mass is 504 g/mol. The van der Waals surface area contributed by atoms with E-state index in [0.717, 1.165) is 42.7 Å². The maximum atomic E-state index is 11.9. The fourth-order valence-corrected chi connectivity index (χ4v) is 6.48. The van der Waals surface area contributed by atoms with Crippen LogP contribution in [0.4, 0.5) is 5.69 Å². The highest BCUT2D eigenvalue weighted by molar-refractivity contribution is 7.88. The summed E-state index contributed by atoms with van der Waals surface area (Å²) in [4.78, 5) is 7.08. The number of pyridine rings is 1. The van der Waals surface area contributed by atoms with Crippen molar-refractivity contribution in [2.24, 2.45) is 0 Å². The molecule has 1 atom stereocenters. The zero-order valence-corrected chi connectivity index (χ0v) is 22.1. The maximum absolute atomic E-state index is 11.9. The van der Waals surface area contributed by atoms with E-state index >= 15 is 0 Å². The summed E-state index contributed by atoms with van der Waals surface area (Å²) in [5, 5.41) is 6.30. The Hall–Kier alpha value is -2.10.